The van der Waals surface area contributed by atoms with Crippen molar-refractivity contribution in [1.82, 2.24) is 0 Å². The molecule has 0 bridgehead atoms. The van der Waals surface area contributed by atoms with E-state index in [0.29, 0.717) is 6.42 Å². The van der Waals surface area contributed by atoms with Crippen LogP contribution in [0.3, 0.4) is 0 Å². The fraction of sp³-hybridized carbons (Fsp3) is 0.417. The van der Waals surface area contributed by atoms with Gasteiger partial charge in [0.15, 0.2) is 19.0 Å². The second-order valence-electron chi connectivity index (χ2n) is 7.75. The van der Waals surface area contributed by atoms with Crippen LogP contribution >= 0.6 is 11.6 Å². The first kappa shape index (κ1) is 26.2. The Morgan fingerprint density at radius 3 is 2.37 bits per heavy atom. The second-order valence-corrected chi connectivity index (χ2v) is 8.13. The number of hydrogen-bond acceptors (Lipinski definition) is 10. The number of esters is 3. The van der Waals surface area contributed by atoms with Gasteiger partial charge in [0.05, 0.1) is 25.3 Å². The molecular formula is C24H25ClO10. The summed E-state index contributed by atoms with van der Waals surface area (Å²) in [4.78, 5) is 49.2. The number of epoxide rings is 1. The summed E-state index contributed by atoms with van der Waals surface area (Å²) in [6.45, 7) is 0.676. The molecule has 3 atom stereocenters. The summed E-state index contributed by atoms with van der Waals surface area (Å²) in [5.41, 5.74) is -0.0823. The van der Waals surface area contributed by atoms with E-state index in [0.717, 1.165) is 0 Å². The van der Waals surface area contributed by atoms with Crippen molar-refractivity contribution >= 4 is 35.3 Å². The van der Waals surface area contributed by atoms with Crippen molar-refractivity contribution < 1.29 is 47.6 Å². The van der Waals surface area contributed by atoms with Gasteiger partial charge in [-0.1, -0.05) is 29.8 Å². The van der Waals surface area contributed by atoms with Crippen molar-refractivity contribution in [2.24, 2.45) is 0 Å². The number of rotatable bonds is 6. The molecule has 1 fully saturated rings. The molecule has 2 aliphatic rings. The predicted octanol–water partition coefficient (Wildman–Crippen LogP) is 2.38. The number of halogens is 1. The highest BCUT2D eigenvalue weighted by atomic mass is 35.5. The lowest BCUT2D eigenvalue weighted by Gasteiger charge is -2.20. The molecule has 0 amide bonds. The van der Waals surface area contributed by atoms with Gasteiger partial charge in [0.25, 0.3) is 0 Å². The molecule has 1 aromatic rings. The summed E-state index contributed by atoms with van der Waals surface area (Å²) in [6, 6.07) is 1.24. The predicted molar refractivity (Wildman–Crippen MR) is 122 cm³/mol. The minimum Gasteiger partial charge on any atom is -0.481 e. The highest BCUT2D eigenvalue weighted by molar-refractivity contribution is 6.33. The number of carbonyl (C=O) groups is 4. The van der Waals surface area contributed by atoms with Crippen LogP contribution in [-0.4, -0.2) is 69.4 Å². The average molecular weight is 509 g/mol. The molecule has 0 spiro atoms. The SMILES string of the molecule is COC(=O)COc1cc(OCC(=O)OC)c2c(c1Cl)CC(=O)/C=C/C=C\[C@@H]1O[C@@H]1C[C@@H](C)OC2=O. The topological polar surface area (TPSA) is 127 Å². The van der Waals surface area contributed by atoms with Gasteiger partial charge in [0.2, 0.25) is 0 Å². The molecule has 2 aliphatic heterocycles. The van der Waals surface area contributed by atoms with Gasteiger partial charge < -0.3 is 28.4 Å². The van der Waals surface area contributed by atoms with Crippen molar-refractivity contribution in [1.29, 1.82) is 0 Å². The van der Waals surface area contributed by atoms with Crippen LogP contribution in [0, 0.1) is 0 Å². The molecule has 11 heteroatoms. The maximum Gasteiger partial charge on any atom is 0.343 e. The van der Waals surface area contributed by atoms with E-state index >= 15 is 0 Å². The van der Waals surface area contributed by atoms with Gasteiger partial charge in [-0.15, -0.1) is 0 Å². The van der Waals surface area contributed by atoms with Crippen LogP contribution in [0.25, 0.3) is 0 Å². The number of allylic oxidation sites excluding steroid dienone is 3. The highest BCUT2D eigenvalue weighted by Crippen LogP contribution is 2.39. The van der Waals surface area contributed by atoms with Gasteiger partial charge >= 0.3 is 17.9 Å². The zero-order valence-electron chi connectivity index (χ0n) is 19.4. The number of ether oxygens (including phenoxy) is 6. The largest absolute Gasteiger partial charge is 0.481 e. The first-order valence-electron chi connectivity index (χ1n) is 10.7. The molecule has 35 heavy (non-hydrogen) atoms. The number of ketones is 1. The number of methoxy groups -OCH3 is 2. The lowest BCUT2D eigenvalue weighted by atomic mass is 9.99. The van der Waals surface area contributed by atoms with Crippen molar-refractivity contribution in [2.75, 3.05) is 27.4 Å². The van der Waals surface area contributed by atoms with E-state index in [1.807, 2.05) is 6.08 Å². The third-order valence-electron chi connectivity index (χ3n) is 5.18. The summed E-state index contributed by atoms with van der Waals surface area (Å²) in [7, 11) is 2.37. The Balaban J connectivity index is 2.07. The van der Waals surface area contributed by atoms with Gasteiger partial charge in [0.1, 0.15) is 29.3 Å². The number of hydrogen-bond donors (Lipinski definition) is 0. The molecule has 0 aliphatic carbocycles. The summed E-state index contributed by atoms with van der Waals surface area (Å²) < 4.78 is 31.3. The van der Waals surface area contributed by atoms with Crippen molar-refractivity contribution in [3.8, 4) is 11.5 Å². The number of fused-ring (bicyclic) bond motifs is 2. The standard InChI is InChI=1S/C24H25ClO10/c1-13-8-17-16(35-17)7-5-4-6-14(26)9-15-22(24(29)34-13)18(32-11-20(27)30-2)10-19(23(15)25)33-12-21(28)31-3/h4-7,10,13,16-17H,8-9,11-12H2,1-3H3/b6-4+,7-5-/t13-,16+,17-/m1/s1. The van der Waals surface area contributed by atoms with Crippen LogP contribution in [0.4, 0.5) is 0 Å². The molecule has 0 saturated carbocycles. The minimum absolute atomic E-state index is 0.0523. The first-order chi connectivity index (χ1) is 16.7. The quantitative estimate of drug-likeness (QED) is 0.321. The summed E-state index contributed by atoms with van der Waals surface area (Å²) in [6.07, 6.45) is 5.78. The van der Waals surface area contributed by atoms with Crippen molar-refractivity contribution in [3.05, 3.63) is 46.5 Å². The van der Waals surface area contributed by atoms with E-state index in [1.165, 1.54) is 26.4 Å². The van der Waals surface area contributed by atoms with Crippen LogP contribution in [0.15, 0.2) is 30.4 Å². The summed E-state index contributed by atoms with van der Waals surface area (Å²) in [5, 5.41) is -0.0890. The molecule has 1 aromatic carbocycles. The van der Waals surface area contributed by atoms with Crippen LogP contribution in [0.5, 0.6) is 11.5 Å². The average Bonchev–Trinajstić information content (AvgIpc) is 3.56. The van der Waals surface area contributed by atoms with Gasteiger partial charge in [0, 0.05) is 24.5 Å². The van der Waals surface area contributed by atoms with Crippen molar-refractivity contribution in [3.63, 3.8) is 0 Å². The molecule has 0 N–H and O–H groups in total. The molecule has 188 valence electrons. The van der Waals surface area contributed by atoms with Gasteiger partial charge in [-0.05, 0) is 13.0 Å². The minimum atomic E-state index is -0.810. The lowest BCUT2D eigenvalue weighted by molar-refractivity contribution is -0.143. The number of cyclic esters (lactones) is 1. The number of benzene rings is 1. The van der Waals surface area contributed by atoms with Gasteiger partial charge in [-0.3, -0.25) is 4.79 Å². The van der Waals surface area contributed by atoms with Crippen molar-refractivity contribution in [2.45, 2.75) is 38.1 Å². The third kappa shape index (κ3) is 7.06. The van der Waals surface area contributed by atoms with E-state index in [-0.39, 0.29) is 52.1 Å². The molecule has 2 heterocycles. The van der Waals surface area contributed by atoms with Gasteiger partial charge in [-0.25, -0.2) is 14.4 Å². The normalized spacial score (nSPS) is 23.5. The van der Waals surface area contributed by atoms with Crippen LogP contribution in [-0.2, 0) is 39.8 Å². The van der Waals surface area contributed by atoms with Crippen LogP contribution < -0.4 is 9.47 Å². The Morgan fingerprint density at radius 1 is 1.06 bits per heavy atom. The molecule has 0 radical (unpaired) electrons. The van der Waals surface area contributed by atoms with Crippen LogP contribution in [0.2, 0.25) is 5.02 Å². The lowest BCUT2D eigenvalue weighted by Crippen LogP contribution is -2.22. The third-order valence-corrected chi connectivity index (χ3v) is 5.60. The fourth-order valence-corrected chi connectivity index (χ4v) is 3.63. The van der Waals surface area contributed by atoms with Crippen LogP contribution in [0.1, 0.15) is 29.3 Å². The Morgan fingerprint density at radius 2 is 1.71 bits per heavy atom. The monoisotopic (exact) mass is 508 g/mol. The fourth-order valence-electron chi connectivity index (χ4n) is 3.36. The van der Waals surface area contributed by atoms with Gasteiger partial charge in [-0.2, -0.15) is 0 Å². The molecule has 1 saturated heterocycles. The molecule has 3 rings (SSSR count). The van der Waals surface area contributed by atoms with E-state index in [4.69, 9.17) is 30.5 Å². The maximum atomic E-state index is 13.2. The Labute approximate surface area is 206 Å². The van der Waals surface area contributed by atoms with E-state index < -0.39 is 37.2 Å². The smallest absolute Gasteiger partial charge is 0.343 e. The van der Waals surface area contributed by atoms with E-state index in [2.05, 4.69) is 9.47 Å². The highest BCUT2D eigenvalue weighted by Gasteiger charge is 2.38. The summed E-state index contributed by atoms with van der Waals surface area (Å²) >= 11 is 6.52. The number of carbonyl (C=O) groups excluding carboxylic acids is 4. The Bertz CT molecular complexity index is 1060. The zero-order chi connectivity index (χ0) is 25.5. The molecule has 0 aromatic heterocycles. The zero-order valence-corrected chi connectivity index (χ0v) is 20.2. The molecular weight excluding hydrogens is 484 g/mol. The molecule has 0 unspecified atom stereocenters. The second kappa shape index (κ2) is 11.9. The summed E-state index contributed by atoms with van der Waals surface area (Å²) in [5.74, 6) is -2.77. The molecule has 10 nitrogen and oxygen atoms in total. The first-order valence-corrected chi connectivity index (χ1v) is 11.1. The Kier molecular flexibility index (Phi) is 8.89. The van der Waals surface area contributed by atoms with E-state index in [1.54, 1.807) is 19.1 Å². The Hall–Kier alpha value is -3.37. The maximum absolute atomic E-state index is 13.2. The van der Waals surface area contributed by atoms with E-state index in [9.17, 15) is 19.2 Å².